The smallest absolute Gasteiger partial charge is 0.419 e. The molecule has 1 aromatic rings. The first-order valence-corrected chi connectivity index (χ1v) is 3.80. The lowest BCUT2D eigenvalue weighted by atomic mass is 10.1. The predicted octanol–water partition coefficient (Wildman–Crippen LogP) is 2.79. The zero-order valence-corrected chi connectivity index (χ0v) is 7.36. The summed E-state index contributed by atoms with van der Waals surface area (Å²) >= 11 is 5.01. The summed E-state index contributed by atoms with van der Waals surface area (Å²) in [6.45, 7) is 0. The van der Waals surface area contributed by atoms with Crippen LogP contribution in [0.5, 0.6) is 5.75 Å². The molecule has 6 heteroatoms. The quantitative estimate of drug-likeness (QED) is 0.745. The molecule has 1 aromatic carbocycles. The number of carbonyl (C=O) groups excluding carboxylic acids is 1. The Morgan fingerprint density at radius 1 is 1.36 bits per heavy atom. The second-order valence-corrected chi connectivity index (χ2v) is 2.85. The summed E-state index contributed by atoms with van der Waals surface area (Å²) in [5, 5.41) is 8.02. The van der Waals surface area contributed by atoms with Gasteiger partial charge in [0.15, 0.2) is 0 Å². The molecule has 0 saturated carbocycles. The van der Waals surface area contributed by atoms with Gasteiger partial charge in [0.25, 0.3) is 5.24 Å². The van der Waals surface area contributed by atoms with E-state index in [9.17, 15) is 18.0 Å². The van der Waals surface area contributed by atoms with E-state index in [1.54, 1.807) is 0 Å². The lowest BCUT2D eigenvalue weighted by molar-refractivity contribution is -0.138. The number of phenolic OH excluding ortho intramolecular Hbond substituents is 1. The van der Waals surface area contributed by atoms with Crippen molar-refractivity contribution in [3.63, 3.8) is 0 Å². The molecule has 0 bridgehead atoms. The van der Waals surface area contributed by atoms with Gasteiger partial charge in [-0.3, -0.25) is 4.79 Å². The van der Waals surface area contributed by atoms with Gasteiger partial charge in [-0.25, -0.2) is 0 Å². The summed E-state index contributed by atoms with van der Waals surface area (Å²) in [6, 6.07) is 2.18. The highest BCUT2D eigenvalue weighted by atomic mass is 35.5. The number of alkyl halides is 3. The van der Waals surface area contributed by atoms with Crippen molar-refractivity contribution < 1.29 is 23.1 Å². The molecule has 0 aliphatic heterocycles. The third-order valence-corrected chi connectivity index (χ3v) is 1.75. The molecule has 0 fully saturated rings. The number of aromatic hydroxyl groups is 1. The van der Waals surface area contributed by atoms with Crippen LogP contribution in [0, 0.1) is 0 Å². The average molecular weight is 225 g/mol. The van der Waals surface area contributed by atoms with Gasteiger partial charge in [0.05, 0.1) is 5.56 Å². The molecule has 0 radical (unpaired) electrons. The third kappa shape index (κ3) is 2.17. The lowest BCUT2D eigenvalue weighted by Gasteiger charge is -2.08. The highest BCUT2D eigenvalue weighted by Gasteiger charge is 2.33. The van der Waals surface area contributed by atoms with Crippen LogP contribution in [0.15, 0.2) is 18.2 Å². The normalized spacial score (nSPS) is 11.4. The van der Waals surface area contributed by atoms with Gasteiger partial charge in [0.2, 0.25) is 0 Å². The van der Waals surface area contributed by atoms with Crippen molar-refractivity contribution >= 4 is 16.8 Å². The van der Waals surface area contributed by atoms with Crippen LogP contribution in [-0.4, -0.2) is 10.3 Å². The Kier molecular flexibility index (Phi) is 2.71. The molecule has 0 spiro atoms. The van der Waals surface area contributed by atoms with E-state index in [1.807, 2.05) is 0 Å². The number of phenols is 1. The van der Waals surface area contributed by atoms with E-state index in [0.717, 1.165) is 6.07 Å². The van der Waals surface area contributed by atoms with Gasteiger partial charge in [0, 0.05) is 5.56 Å². The Morgan fingerprint density at radius 3 is 2.29 bits per heavy atom. The minimum Gasteiger partial charge on any atom is -0.507 e. The molecule has 14 heavy (non-hydrogen) atoms. The van der Waals surface area contributed by atoms with Crippen molar-refractivity contribution in [2.45, 2.75) is 6.18 Å². The van der Waals surface area contributed by atoms with E-state index in [2.05, 4.69) is 0 Å². The van der Waals surface area contributed by atoms with Gasteiger partial charge in [-0.2, -0.15) is 13.2 Å². The molecule has 1 N–H and O–H groups in total. The van der Waals surface area contributed by atoms with Crippen LogP contribution in [0.3, 0.4) is 0 Å². The first kappa shape index (κ1) is 10.8. The van der Waals surface area contributed by atoms with Crippen molar-refractivity contribution in [3.8, 4) is 5.75 Å². The molecule has 1 rings (SSSR count). The first-order valence-electron chi connectivity index (χ1n) is 3.42. The van der Waals surface area contributed by atoms with E-state index in [0.29, 0.717) is 12.1 Å². The van der Waals surface area contributed by atoms with Gasteiger partial charge in [-0.05, 0) is 29.8 Å². The molecular formula is C8H4ClF3O2. The van der Waals surface area contributed by atoms with Crippen molar-refractivity contribution in [2.24, 2.45) is 0 Å². The van der Waals surface area contributed by atoms with Gasteiger partial charge >= 0.3 is 6.18 Å². The molecular weight excluding hydrogens is 221 g/mol. The first-order chi connectivity index (χ1) is 6.32. The number of halogens is 4. The zero-order valence-electron chi connectivity index (χ0n) is 6.60. The van der Waals surface area contributed by atoms with E-state index in [1.165, 1.54) is 0 Å². The molecule has 0 amide bonds. The number of benzene rings is 1. The van der Waals surface area contributed by atoms with Crippen LogP contribution in [0.25, 0.3) is 0 Å². The molecule has 0 aliphatic rings. The minimum absolute atomic E-state index is 0.183. The SMILES string of the molecule is O=C(Cl)c1ccc(C(F)(F)F)c(O)c1. The number of hydrogen-bond donors (Lipinski definition) is 1. The molecule has 2 nitrogen and oxygen atoms in total. The standard InChI is InChI=1S/C8H4ClF3O2/c9-7(14)4-1-2-5(6(13)3-4)8(10,11)12/h1-3,13H. The summed E-state index contributed by atoms with van der Waals surface area (Å²) < 4.78 is 36.3. The summed E-state index contributed by atoms with van der Waals surface area (Å²) in [7, 11) is 0. The van der Waals surface area contributed by atoms with Crippen LogP contribution in [-0.2, 0) is 6.18 Å². The van der Waals surface area contributed by atoms with Crippen LogP contribution in [0.4, 0.5) is 13.2 Å². The zero-order chi connectivity index (χ0) is 10.9. The summed E-state index contributed by atoms with van der Waals surface area (Å²) in [5.41, 5.74) is -1.38. The van der Waals surface area contributed by atoms with Crippen LogP contribution in [0.2, 0.25) is 0 Å². The maximum atomic E-state index is 12.1. The van der Waals surface area contributed by atoms with Crippen molar-refractivity contribution in [1.82, 2.24) is 0 Å². The average Bonchev–Trinajstić information content (AvgIpc) is 2.01. The summed E-state index contributed by atoms with van der Waals surface area (Å²) in [4.78, 5) is 10.5. The lowest BCUT2D eigenvalue weighted by Crippen LogP contribution is -2.05. The third-order valence-electron chi connectivity index (χ3n) is 1.53. The summed E-state index contributed by atoms with van der Waals surface area (Å²) in [5.74, 6) is -1.01. The topological polar surface area (TPSA) is 37.3 Å². The van der Waals surface area contributed by atoms with Crippen molar-refractivity contribution in [1.29, 1.82) is 0 Å². The highest BCUT2D eigenvalue weighted by Crippen LogP contribution is 2.35. The molecule has 0 aromatic heterocycles. The minimum atomic E-state index is -4.64. The highest BCUT2D eigenvalue weighted by molar-refractivity contribution is 6.67. The van der Waals surface area contributed by atoms with E-state index < -0.39 is 22.7 Å². The summed E-state index contributed by atoms with van der Waals surface area (Å²) in [6.07, 6.45) is -4.64. The number of rotatable bonds is 1. The van der Waals surface area contributed by atoms with Crippen LogP contribution >= 0.6 is 11.6 Å². The number of hydrogen-bond acceptors (Lipinski definition) is 2. The second kappa shape index (κ2) is 3.49. The van der Waals surface area contributed by atoms with Crippen molar-refractivity contribution in [2.75, 3.05) is 0 Å². The number of carbonyl (C=O) groups is 1. The molecule has 0 heterocycles. The monoisotopic (exact) mass is 224 g/mol. The van der Waals surface area contributed by atoms with Crippen LogP contribution < -0.4 is 0 Å². The Labute approximate surface area is 81.9 Å². The maximum Gasteiger partial charge on any atom is 0.419 e. The molecule has 0 atom stereocenters. The molecule has 0 saturated heterocycles. The maximum absolute atomic E-state index is 12.1. The van der Waals surface area contributed by atoms with Crippen LogP contribution in [0.1, 0.15) is 15.9 Å². The van der Waals surface area contributed by atoms with E-state index in [-0.39, 0.29) is 5.56 Å². The Hall–Kier alpha value is -1.23. The Morgan fingerprint density at radius 2 is 1.93 bits per heavy atom. The van der Waals surface area contributed by atoms with Gasteiger partial charge < -0.3 is 5.11 Å². The fourth-order valence-electron chi connectivity index (χ4n) is 0.894. The van der Waals surface area contributed by atoms with Gasteiger partial charge in [-0.15, -0.1) is 0 Å². The van der Waals surface area contributed by atoms with Gasteiger partial charge in [-0.1, -0.05) is 0 Å². The molecule has 0 unspecified atom stereocenters. The van der Waals surface area contributed by atoms with E-state index in [4.69, 9.17) is 16.7 Å². The van der Waals surface area contributed by atoms with E-state index >= 15 is 0 Å². The largest absolute Gasteiger partial charge is 0.507 e. The van der Waals surface area contributed by atoms with Crippen molar-refractivity contribution in [3.05, 3.63) is 29.3 Å². The fraction of sp³-hybridized carbons (Fsp3) is 0.125. The Bertz CT molecular complexity index is 373. The molecule has 0 aliphatic carbocycles. The second-order valence-electron chi connectivity index (χ2n) is 2.50. The fourth-order valence-corrected chi connectivity index (χ4v) is 1.01. The van der Waals surface area contributed by atoms with Gasteiger partial charge in [0.1, 0.15) is 5.75 Å². The predicted molar refractivity (Wildman–Crippen MR) is 43.3 cm³/mol. The Balaban J connectivity index is 3.21. The molecule has 76 valence electrons.